The average molecular weight is 409 g/mol. The number of carbonyl (C=O) groups excluding carboxylic acids is 3. The van der Waals surface area contributed by atoms with E-state index in [1.54, 1.807) is 37.8 Å². The number of pyridine rings is 1. The summed E-state index contributed by atoms with van der Waals surface area (Å²) in [5.41, 5.74) is -1.23. The summed E-state index contributed by atoms with van der Waals surface area (Å²) in [6.45, 7) is 5.39. The number of hydrogen-bond donors (Lipinski definition) is 0. The number of carbonyl (C=O) groups is 3. The van der Waals surface area contributed by atoms with E-state index < -0.39 is 35.3 Å². The summed E-state index contributed by atoms with van der Waals surface area (Å²) < 4.78 is 15.8. The van der Waals surface area contributed by atoms with Crippen molar-refractivity contribution in [2.45, 2.75) is 50.5 Å². The number of methoxy groups -OCH3 is 1. The molecule has 2 saturated carbocycles. The molecule has 0 N–H and O–H groups in total. The highest BCUT2D eigenvalue weighted by Gasteiger charge is 2.83. The lowest BCUT2D eigenvalue weighted by Crippen LogP contribution is -2.48. The Balaban J connectivity index is 1.72. The van der Waals surface area contributed by atoms with E-state index in [2.05, 4.69) is 9.72 Å². The molecule has 2 aliphatic heterocycles. The number of esters is 2. The molecule has 4 bridgehead atoms. The quantitative estimate of drug-likeness (QED) is 0.320. The van der Waals surface area contributed by atoms with Crippen LogP contribution in [0.3, 0.4) is 0 Å². The Morgan fingerprint density at radius 2 is 1.96 bits per heavy atom. The number of rotatable bonds is 2. The monoisotopic (exact) mass is 408 g/mol. The van der Waals surface area contributed by atoms with E-state index in [0.717, 1.165) is 7.11 Å². The maximum atomic E-state index is 12.8. The first kappa shape index (κ1) is 19.0. The van der Waals surface area contributed by atoms with Crippen LogP contribution in [-0.4, -0.2) is 52.7 Å². The van der Waals surface area contributed by atoms with Crippen LogP contribution in [0.2, 0.25) is 5.15 Å². The van der Waals surface area contributed by atoms with Crippen molar-refractivity contribution >= 4 is 29.6 Å². The summed E-state index contributed by atoms with van der Waals surface area (Å²) in [5, 5.41) is 0.292. The van der Waals surface area contributed by atoms with Gasteiger partial charge in [-0.25, -0.2) is 19.4 Å². The topological polar surface area (TPSA) is 95.0 Å². The molecule has 5 atom stereocenters. The normalized spacial score (nSPS) is 32.1. The Kier molecular flexibility index (Phi) is 4.12. The highest BCUT2D eigenvalue weighted by Crippen LogP contribution is 2.73. The molecule has 0 spiro atoms. The molecule has 0 aromatic carbocycles. The third-order valence-corrected chi connectivity index (χ3v) is 5.89. The standard InChI is InChI=1S/C19H21ClN2O6/c1-18(2,3)28-17(25)22-11-7-10-13(14(10)22)19(11,27-16(24)15(23)26-4)9-5-6-12(20)21-8-9/h5-6,8,10-11,13-14H,7H2,1-4H3/t10?,11-,13?,14+,19?/m1/s1. The molecule has 3 unspecified atom stereocenters. The van der Waals surface area contributed by atoms with Gasteiger partial charge in [0.2, 0.25) is 0 Å². The van der Waals surface area contributed by atoms with Crippen LogP contribution in [0.4, 0.5) is 4.79 Å². The van der Waals surface area contributed by atoms with Crippen LogP contribution in [0, 0.1) is 11.8 Å². The van der Waals surface area contributed by atoms with Gasteiger partial charge in [-0.15, -0.1) is 0 Å². The number of piperidine rings is 2. The number of halogens is 1. The molecule has 1 aromatic heterocycles. The molecule has 2 saturated heterocycles. The highest BCUT2D eigenvalue weighted by atomic mass is 35.5. The van der Waals surface area contributed by atoms with Crippen LogP contribution in [0.15, 0.2) is 18.3 Å². The second kappa shape index (κ2) is 6.07. The minimum absolute atomic E-state index is 0.0963. The van der Waals surface area contributed by atoms with Crippen LogP contribution < -0.4 is 0 Å². The van der Waals surface area contributed by atoms with Gasteiger partial charge in [0, 0.05) is 23.7 Å². The minimum atomic E-state index is -1.17. The summed E-state index contributed by atoms with van der Waals surface area (Å²) in [4.78, 5) is 42.6. The first-order chi connectivity index (χ1) is 13.1. The second-order valence-corrected chi connectivity index (χ2v) is 8.75. The van der Waals surface area contributed by atoms with E-state index in [4.69, 9.17) is 21.1 Å². The largest absolute Gasteiger partial charge is 0.461 e. The highest BCUT2D eigenvalue weighted by molar-refractivity contribution is 6.30. The molecule has 1 aromatic rings. The zero-order valence-electron chi connectivity index (χ0n) is 16.0. The smallest absolute Gasteiger partial charge is 0.418 e. The molecule has 0 radical (unpaired) electrons. The lowest BCUT2D eigenvalue weighted by atomic mass is 9.88. The third kappa shape index (κ3) is 2.65. The summed E-state index contributed by atoms with van der Waals surface area (Å²) in [6, 6.07) is 2.76. The van der Waals surface area contributed by atoms with Crippen LogP contribution in [0.1, 0.15) is 32.8 Å². The number of aromatic nitrogens is 1. The van der Waals surface area contributed by atoms with E-state index in [1.807, 2.05) is 0 Å². The fraction of sp³-hybridized carbons (Fsp3) is 0.579. The van der Waals surface area contributed by atoms with Gasteiger partial charge in [0.05, 0.1) is 13.2 Å². The molecule has 28 heavy (non-hydrogen) atoms. The predicted octanol–water partition coefficient (Wildman–Crippen LogP) is 2.28. The number of ether oxygens (including phenoxy) is 3. The SMILES string of the molecule is COC(=O)C(=O)OC1(c2ccc(Cl)nc2)C2C3C[C@H]1N(C(=O)OC(C)(C)C)[C@@H]32. The van der Waals surface area contributed by atoms with E-state index in [9.17, 15) is 14.4 Å². The predicted molar refractivity (Wildman–Crippen MR) is 96.3 cm³/mol. The van der Waals surface area contributed by atoms with Gasteiger partial charge in [-0.2, -0.15) is 0 Å². The van der Waals surface area contributed by atoms with Crippen LogP contribution >= 0.6 is 11.6 Å². The van der Waals surface area contributed by atoms with Gasteiger partial charge in [0.15, 0.2) is 5.60 Å². The third-order valence-electron chi connectivity index (χ3n) is 5.67. The van der Waals surface area contributed by atoms with Crippen molar-refractivity contribution in [2.75, 3.05) is 7.11 Å². The van der Waals surface area contributed by atoms with Gasteiger partial charge < -0.3 is 14.2 Å². The Hall–Kier alpha value is -2.35. The van der Waals surface area contributed by atoms with Gasteiger partial charge in [0.25, 0.3) is 0 Å². The van der Waals surface area contributed by atoms with Gasteiger partial charge in [-0.1, -0.05) is 17.7 Å². The molecule has 9 heteroatoms. The molecule has 2 aliphatic carbocycles. The van der Waals surface area contributed by atoms with Crippen molar-refractivity contribution in [2.24, 2.45) is 11.8 Å². The van der Waals surface area contributed by atoms with Crippen molar-refractivity contribution in [3.05, 3.63) is 29.0 Å². The minimum Gasteiger partial charge on any atom is -0.461 e. The van der Waals surface area contributed by atoms with Crippen molar-refractivity contribution in [1.29, 1.82) is 0 Å². The van der Waals surface area contributed by atoms with Gasteiger partial charge in [0.1, 0.15) is 10.8 Å². The van der Waals surface area contributed by atoms with Crippen LogP contribution in [0.25, 0.3) is 0 Å². The molecule has 3 heterocycles. The number of amides is 1. The maximum Gasteiger partial charge on any atom is 0.418 e. The lowest BCUT2D eigenvalue weighted by molar-refractivity contribution is -0.179. The van der Waals surface area contributed by atoms with E-state index >= 15 is 0 Å². The molecule has 8 nitrogen and oxygen atoms in total. The Bertz CT molecular complexity index is 851. The Morgan fingerprint density at radius 3 is 2.50 bits per heavy atom. The number of nitrogens with zero attached hydrogens (tertiary/aromatic N) is 2. The van der Waals surface area contributed by atoms with Crippen molar-refractivity contribution in [1.82, 2.24) is 9.88 Å². The molecular weight excluding hydrogens is 388 g/mol. The van der Waals surface area contributed by atoms with Crippen LogP contribution in [0.5, 0.6) is 0 Å². The van der Waals surface area contributed by atoms with Crippen molar-refractivity contribution < 1.29 is 28.6 Å². The zero-order valence-corrected chi connectivity index (χ0v) is 16.7. The van der Waals surface area contributed by atoms with E-state index in [1.165, 1.54) is 6.20 Å². The first-order valence-electron chi connectivity index (χ1n) is 9.05. The maximum absolute atomic E-state index is 12.8. The fourth-order valence-electron chi connectivity index (χ4n) is 4.80. The fourth-order valence-corrected chi connectivity index (χ4v) is 4.92. The second-order valence-electron chi connectivity index (χ2n) is 8.36. The van der Waals surface area contributed by atoms with Crippen molar-refractivity contribution in [3.63, 3.8) is 0 Å². The van der Waals surface area contributed by atoms with Crippen LogP contribution in [-0.2, 0) is 29.4 Å². The van der Waals surface area contributed by atoms with Crippen molar-refractivity contribution in [3.8, 4) is 0 Å². The van der Waals surface area contributed by atoms with E-state index in [-0.39, 0.29) is 17.9 Å². The summed E-state index contributed by atoms with van der Waals surface area (Å²) >= 11 is 5.91. The molecular formula is C19H21ClN2O6. The van der Waals surface area contributed by atoms with Gasteiger partial charge in [-0.3, -0.25) is 4.90 Å². The van der Waals surface area contributed by atoms with E-state index in [0.29, 0.717) is 17.1 Å². The summed E-state index contributed by atoms with van der Waals surface area (Å²) in [6.07, 6.45) is 1.73. The van der Waals surface area contributed by atoms with Gasteiger partial charge in [-0.05, 0) is 39.2 Å². The molecule has 4 fully saturated rings. The summed E-state index contributed by atoms with van der Waals surface area (Å²) in [5.74, 6) is -2.13. The molecule has 4 aliphatic rings. The number of hydrogen-bond acceptors (Lipinski definition) is 7. The average Bonchev–Trinajstić information content (AvgIpc) is 2.93. The Labute approximate surface area is 167 Å². The summed E-state index contributed by atoms with van der Waals surface area (Å²) in [7, 11) is 1.11. The molecule has 150 valence electrons. The molecule has 1 amide bonds. The van der Waals surface area contributed by atoms with Gasteiger partial charge >= 0.3 is 18.0 Å². The lowest BCUT2D eigenvalue weighted by Gasteiger charge is -2.35. The Morgan fingerprint density at radius 1 is 1.25 bits per heavy atom. The zero-order chi connectivity index (χ0) is 20.4. The first-order valence-corrected chi connectivity index (χ1v) is 9.42. The molecule has 5 rings (SSSR count).